The number of nitrogens with one attached hydrogen (secondary N) is 2. The number of rotatable bonds is 6. The number of anilines is 2. The van der Waals surface area contributed by atoms with Gasteiger partial charge < -0.3 is 20.4 Å². The highest BCUT2D eigenvalue weighted by molar-refractivity contribution is 6.30. The van der Waals surface area contributed by atoms with Crippen LogP contribution in [0.5, 0.6) is 0 Å². The number of hydrogen-bond donors (Lipinski definition) is 2. The van der Waals surface area contributed by atoms with Crippen molar-refractivity contribution in [3.8, 4) is 0 Å². The molecule has 8 nitrogen and oxygen atoms in total. The summed E-state index contributed by atoms with van der Waals surface area (Å²) in [6.07, 6.45) is -0.0726. The Kier molecular flexibility index (Phi) is 7.47. The van der Waals surface area contributed by atoms with Crippen molar-refractivity contribution < 1.29 is 14.4 Å². The van der Waals surface area contributed by atoms with Gasteiger partial charge >= 0.3 is 0 Å². The van der Waals surface area contributed by atoms with E-state index in [2.05, 4.69) is 20.4 Å². The number of para-hydroxylation sites is 1. The van der Waals surface area contributed by atoms with Crippen LogP contribution in [0.1, 0.15) is 6.42 Å². The number of amides is 3. The highest BCUT2D eigenvalue weighted by atomic mass is 35.5. The third-order valence-electron chi connectivity index (χ3n) is 6.01. The number of hydrogen-bond acceptors (Lipinski definition) is 5. The Morgan fingerprint density at radius 2 is 1.67 bits per heavy atom. The van der Waals surface area contributed by atoms with Gasteiger partial charge in [0.2, 0.25) is 17.7 Å². The first-order chi connectivity index (χ1) is 16.0. The molecule has 2 aromatic rings. The van der Waals surface area contributed by atoms with Crippen molar-refractivity contribution in [3.05, 3.63) is 59.6 Å². The lowest BCUT2D eigenvalue weighted by Gasteiger charge is -2.39. The molecule has 9 heteroatoms. The van der Waals surface area contributed by atoms with Gasteiger partial charge in [0.1, 0.15) is 6.04 Å². The third kappa shape index (κ3) is 6.03. The monoisotopic (exact) mass is 469 g/mol. The van der Waals surface area contributed by atoms with Crippen LogP contribution >= 0.6 is 11.6 Å². The first-order valence-electron chi connectivity index (χ1n) is 11.1. The fourth-order valence-corrected chi connectivity index (χ4v) is 4.35. The van der Waals surface area contributed by atoms with Crippen LogP contribution in [0, 0.1) is 0 Å². The van der Waals surface area contributed by atoms with Gasteiger partial charge in [0.05, 0.1) is 13.0 Å². The summed E-state index contributed by atoms with van der Waals surface area (Å²) in [4.78, 5) is 44.0. The van der Waals surface area contributed by atoms with Gasteiger partial charge in [-0.3, -0.25) is 19.3 Å². The van der Waals surface area contributed by atoms with E-state index < -0.39 is 6.04 Å². The maximum atomic E-state index is 13.1. The molecule has 2 aromatic carbocycles. The molecule has 0 bridgehead atoms. The Labute approximate surface area is 198 Å². The predicted molar refractivity (Wildman–Crippen MR) is 128 cm³/mol. The Balaban J connectivity index is 1.31. The maximum Gasteiger partial charge on any atom is 0.243 e. The summed E-state index contributed by atoms with van der Waals surface area (Å²) >= 11 is 5.98. The van der Waals surface area contributed by atoms with Crippen molar-refractivity contribution in [2.45, 2.75) is 12.5 Å². The lowest BCUT2D eigenvalue weighted by atomic mass is 10.1. The summed E-state index contributed by atoms with van der Waals surface area (Å²) in [7, 11) is 0. The van der Waals surface area contributed by atoms with Crippen LogP contribution in [0.15, 0.2) is 54.6 Å². The number of carbonyl (C=O) groups is 3. The molecule has 2 saturated heterocycles. The average molecular weight is 470 g/mol. The highest BCUT2D eigenvalue weighted by Crippen LogP contribution is 2.20. The Morgan fingerprint density at radius 1 is 0.970 bits per heavy atom. The van der Waals surface area contributed by atoms with Crippen LogP contribution in [-0.2, 0) is 14.4 Å². The van der Waals surface area contributed by atoms with Crippen LogP contribution in [0.2, 0.25) is 5.02 Å². The Hall–Kier alpha value is -3.10. The Morgan fingerprint density at radius 3 is 2.36 bits per heavy atom. The largest absolute Gasteiger partial charge is 0.369 e. The zero-order valence-electron chi connectivity index (χ0n) is 18.4. The molecule has 1 atom stereocenters. The first kappa shape index (κ1) is 23.1. The lowest BCUT2D eigenvalue weighted by molar-refractivity contribution is -0.145. The van der Waals surface area contributed by atoms with E-state index >= 15 is 0 Å². The molecule has 0 radical (unpaired) electrons. The average Bonchev–Trinajstić information content (AvgIpc) is 2.82. The number of benzene rings is 2. The van der Waals surface area contributed by atoms with Gasteiger partial charge in [0, 0.05) is 55.7 Å². The van der Waals surface area contributed by atoms with Crippen molar-refractivity contribution in [3.63, 3.8) is 0 Å². The van der Waals surface area contributed by atoms with Crippen LogP contribution in [-0.4, -0.2) is 79.4 Å². The fraction of sp³-hybridized carbons (Fsp3) is 0.375. The highest BCUT2D eigenvalue weighted by Gasteiger charge is 2.35. The fourth-order valence-electron chi connectivity index (χ4n) is 4.22. The van der Waals surface area contributed by atoms with Gasteiger partial charge in [-0.1, -0.05) is 29.8 Å². The summed E-state index contributed by atoms with van der Waals surface area (Å²) in [5, 5.41) is 6.28. The molecule has 0 aliphatic carbocycles. The van der Waals surface area contributed by atoms with Gasteiger partial charge in [-0.05, 0) is 36.4 Å². The lowest BCUT2D eigenvalue weighted by Crippen LogP contribution is -2.60. The van der Waals surface area contributed by atoms with E-state index in [4.69, 9.17) is 11.6 Å². The number of carbonyl (C=O) groups excluding carboxylic acids is 3. The summed E-state index contributed by atoms with van der Waals surface area (Å²) in [6.45, 7) is 4.13. The molecule has 0 spiro atoms. The van der Waals surface area contributed by atoms with E-state index in [-0.39, 0.29) is 30.7 Å². The molecule has 2 fully saturated rings. The van der Waals surface area contributed by atoms with Crippen molar-refractivity contribution in [1.29, 1.82) is 0 Å². The molecule has 33 heavy (non-hydrogen) atoms. The number of nitrogens with zero attached hydrogens (tertiary/aromatic N) is 3. The molecule has 2 heterocycles. The van der Waals surface area contributed by atoms with Crippen molar-refractivity contribution in [1.82, 2.24) is 15.1 Å². The van der Waals surface area contributed by atoms with E-state index in [0.717, 1.165) is 31.9 Å². The predicted octanol–water partition coefficient (Wildman–Crippen LogP) is 1.82. The third-order valence-corrected chi connectivity index (χ3v) is 6.26. The summed E-state index contributed by atoms with van der Waals surface area (Å²) in [6, 6.07) is 16.0. The SMILES string of the molecule is O=C(C[C@H]1C(=O)NCCN1C(=O)CN1CCN(c2ccc(Cl)cc2)CC1)Nc1ccccc1. The minimum Gasteiger partial charge on any atom is -0.369 e. The summed E-state index contributed by atoms with van der Waals surface area (Å²) < 4.78 is 0. The topological polar surface area (TPSA) is 85.0 Å². The molecule has 174 valence electrons. The van der Waals surface area contributed by atoms with Gasteiger partial charge in [0.15, 0.2) is 0 Å². The summed E-state index contributed by atoms with van der Waals surface area (Å²) in [5.74, 6) is -0.703. The molecule has 0 aromatic heterocycles. The minimum atomic E-state index is -0.801. The van der Waals surface area contributed by atoms with E-state index in [1.807, 2.05) is 42.5 Å². The molecule has 2 aliphatic heterocycles. The molecule has 0 unspecified atom stereocenters. The second-order valence-electron chi connectivity index (χ2n) is 8.25. The van der Waals surface area contributed by atoms with E-state index in [1.165, 1.54) is 0 Å². The molecular weight excluding hydrogens is 442 g/mol. The molecule has 3 amide bonds. The van der Waals surface area contributed by atoms with E-state index in [1.54, 1.807) is 17.0 Å². The second-order valence-corrected chi connectivity index (χ2v) is 8.69. The van der Waals surface area contributed by atoms with Crippen LogP contribution < -0.4 is 15.5 Å². The van der Waals surface area contributed by atoms with Crippen molar-refractivity contribution in [2.75, 3.05) is 56.0 Å². The van der Waals surface area contributed by atoms with Crippen LogP contribution in [0.25, 0.3) is 0 Å². The minimum absolute atomic E-state index is 0.0726. The first-order valence-corrected chi connectivity index (χ1v) is 11.5. The van der Waals surface area contributed by atoms with E-state index in [0.29, 0.717) is 23.8 Å². The normalized spacial score (nSPS) is 19.2. The quantitative estimate of drug-likeness (QED) is 0.674. The summed E-state index contributed by atoms with van der Waals surface area (Å²) in [5.41, 5.74) is 1.78. The second kappa shape index (κ2) is 10.7. The van der Waals surface area contributed by atoms with Gasteiger partial charge in [-0.15, -0.1) is 0 Å². The van der Waals surface area contributed by atoms with Gasteiger partial charge in [0.25, 0.3) is 0 Å². The molecule has 4 rings (SSSR count). The maximum absolute atomic E-state index is 13.1. The van der Waals surface area contributed by atoms with Crippen molar-refractivity contribution >= 4 is 40.7 Å². The molecular formula is C24H28ClN5O3. The van der Waals surface area contributed by atoms with Crippen molar-refractivity contribution in [2.24, 2.45) is 0 Å². The van der Waals surface area contributed by atoms with Crippen LogP contribution in [0.3, 0.4) is 0 Å². The molecule has 2 aliphatic rings. The molecule has 2 N–H and O–H groups in total. The van der Waals surface area contributed by atoms with E-state index in [9.17, 15) is 14.4 Å². The zero-order valence-corrected chi connectivity index (χ0v) is 19.1. The van der Waals surface area contributed by atoms with Gasteiger partial charge in [-0.2, -0.15) is 0 Å². The number of piperazine rings is 2. The standard InChI is InChI=1S/C24H28ClN5O3/c25-18-6-8-20(9-7-18)29-14-12-28(13-15-29)17-23(32)30-11-10-26-24(33)21(30)16-22(31)27-19-4-2-1-3-5-19/h1-9,21H,10-17H2,(H,26,33)(H,27,31)/t21-/m0/s1. The zero-order chi connectivity index (χ0) is 23.2. The van der Waals surface area contributed by atoms with Crippen LogP contribution in [0.4, 0.5) is 11.4 Å². The smallest absolute Gasteiger partial charge is 0.243 e. The molecule has 0 saturated carbocycles. The number of halogens is 1. The van der Waals surface area contributed by atoms with Gasteiger partial charge in [-0.25, -0.2) is 0 Å². The Bertz CT molecular complexity index is 977.